The van der Waals surface area contributed by atoms with Gasteiger partial charge in [-0.1, -0.05) is 6.07 Å². The molecule has 1 amide bonds. The van der Waals surface area contributed by atoms with Crippen LogP contribution in [-0.2, 0) is 28.9 Å². The molecule has 3 aromatic rings. The fourth-order valence-corrected chi connectivity index (χ4v) is 4.34. The second-order valence-electron chi connectivity index (χ2n) is 7.91. The number of H-pyrrole nitrogens is 1. The minimum absolute atomic E-state index is 0.146. The molecule has 0 bridgehead atoms. The molecule has 156 valence electrons. The summed E-state index contributed by atoms with van der Waals surface area (Å²) in [4.78, 5) is 19.5. The van der Waals surface area contributed by atoms with Gasteiger partial charge in [-0.3, -0.25) is 14.6 Å². The SMILES string of the molecule is O=C(CCn1ncc2c1CCCC2)N1CCO[C@H](c2cccc(-c3ccn[nH]3)n2)C1. The lowest BCUT2D eigenvalue weighted by Gasteiger charge is -2.33. The Morgan fingerprint density at radius 2 is 2.17 bits per heavy atom. The fraction of sp³-hybridized carbons (Fsp3) is 0.455. The van der Waals surface area contributed by atoms with Gasteiger partial charge in [-0.05, 0) is 49.4 Å². The van der Waals surface area contributed by atoms with Gasteiger partial charge in [-0.2, -0.15) is 10.2 Å². The number of ether oxygens (including phenoxy) is 1. The molecule has 0 saturated carbocycles. The predicted octanol–water partition coefficient (Wildman–Crippen LogP) is 2.54. The van der Waals surface area contributed by atoms with Gasteiger partial charge < -0.3 is 9.64 Å². The first-order valence-electron chi connectivity index (χ1n) is 10.7. The maximum Gasteiger partial charge on any atom is 0.224 e. The number of hydrogen-bond acceptors (Lipinski definition) is 5. The van der Waals surface area contributed by atoms with Crippen molar-refractivity contribution in [1.82, 2.24) is 29.9 Å². The van der Waals surface area contributed by atoms with Gasteiger partial charge in [0.1, 0.15) is 6.10 Å². The largest absolute Gasteiger partial charge is 0.368 e. The van der Waals surface area contributed by atoms with Crippen LogP contribution in [0.4, 0.5) is 0 Å². The van der Waals surface area contributed by atoms with Crippen molar-refractivity contribution in [2.75, 3.05) is 19.7 Å². The number of fused-ring (bicyclic) bond motifs is 1. The summed E-state index contributed by atoms with van der Waals surface area (Å²) in [5.41, 5.74) is 5.18. The lowest BCUT2D eigenvalue weighted by atomic mass is 9.98. The van der Waals surface area contributed by atoms with Crippen molar-refractivity contribution in [3.63, 3.8) is 0 Å². The zero-order valence-corrected chi connectivity index (χ0v) is 17.0. The van der Waals surface area contributed by atoms with Crippen LogP contribution in [0.5, 0.6) is 0 Å². The Kier molecular flexibility index (Phi) is 5.31. The third-order valence-corrected chi connectivity index (χ3v) is 5.98. The fourth-order valence-electron chi connectivity index (χ4n) is 4.34. The van der Waals surface area contributed by atoms with Gasteiger partial charge in [0.2, 0.25) is 5.91 Å². The van der Waals surface area contributed by atoms with E-state index in [1.54, 1.807) is 6.20 Å². The van der Waals surface area contributed by atoms with Crippen LogP contribution in [-0.4, -0.2) is 55.5 Å². The summed E-state index contributed by atoms with van der Waals surface area (Å²) in [6, 6.07) is 7.74. The highest BCUT2D eigenvalue weighted by atomic mass is 16.5. The molecule has 8 heteroatoms. The lowest BCUT2D eigenvalue weighted by molar-refractivity contribution is -0.139. The molecule has 0 aromatic carbocycles. The summed E-state index contributed by atoms with van der Waals surface area (Å²) < 4.78 is 7.97. The van der Waals surface area contributed by atoms with E-state index in [4.69, 9.17) is 9.72 Å². The number of nitrogens with one attached hydrogen (secondary N) is 1. The van der Waals surface area contributed by atoms with Crippen molar-refractivity contribution in [1.29, 1.82) is 0 Å². The first kappa shape index (κ1) is 19.0. The van der Waals surface area contributed by atoms with E-state index in [2.05, 4.69) is 15.3 Å². The molecule has 0 radical (unpaired) electrons. The van der Waals surface area contributed by atoms with Crippen LogP contribution in [0.2, 0.25) is 0 Å². The number of hydrogen-bond donors (Lipinski definition) is 1. The third kappa shape index (κ3) is 3.87. The Bertz CT molecular complexity index is 1010. The third-order valence-electron chi connectivity index (χ3n) is 5.98. The molecule has 1 atom stereocenters. The first-order valence-corrected chi connectivity index (χ1v) is 10.7. The molecule has 1 saturated heterocycles. The van der Waals surface area contributed by atoms with E-state index in [0.29, 0.717) is 32.7 Å². The number of morpholine rings is 1. The molecule has 1 aliphatic carbocycles. The molecular weight excluding hydrogens is 380 g/mol. The van der Waals surface area contributed by atoms with E-state index >= 15 is 0 Å². The Balaban J connectivity index is 1.23. The molecule has 1 fully saturated rings. The second-order valence-corrected chi connectivity index (χ2v) is 7.91. The van der Waals surface area contributed by atoms with E-state index < -0.39 is 0 Å². The number of pyridine rings is 1. The van der Waals surface area contributed by atoms with Gasteiger partial charge in [0.25, 0.3) is 0 Å². The number of amides is 1. The van der Waals surface area contributed by atoms with Gasteiger partial charge in [-0.25, -0.2) is 4.98 Å². The normalized spacial score (nSPS) is 18.9. The number of nitrogens with zero attached hydrogens (tertiary/aromatic N) is 5. The van der Waals surface area contributed by atoms with E-state index in [-0.39, 0.29) is 12.0 Å². The highest BCUT2D eigenvalue weighted by molar-refractivity contribution is 5.76. The zero-order valence-electron chi connectivity index (χ0n) is 17.0. The predicted molar refractivity (Wildman–Crippen MR) is 111 cm³/mol. The molecular formula is C22H26N6O2. The molecule has 30 heavy (non-hydrogen) atoms. The van der Waals surface area contributed by atoms with Crippen LogP contribution in [0.1, 0.15) is 42.3 Å². The van der Waals surface area contributed by atoms with Crippen LogP contribution in [0, 0.1) is 0 Å². The van der Waals surface area contributed by atoms with Crippen molar-refractivity contribution in [2.45, 2.75) is 44.8 Å². The average Bonchev–Trinajstić information content (AvgIpc) is 3.48. The van der Waals surface area contributed by atoms with Crippen molar-refractivity contribution < 1.29 is 9.53 Å². The number of carbonyl (C=O) groups excluding carboxylic acids is 1. The van der Waals surface area contributed by atoms with Crippen LogP contribution in [0.25, 0.3) is 11.4 Å². The Hall–Kier alpha value is -3.00. The van der Waals surface area contributed by atoms with Crippen LogP contribution < -0.4 is 0 Å². The molecule has 8 nitrogen and oxygen atoms in total. The lowest BCUT2D eigenvalue weighted by Crippen LogP contribution is -2.42. The summed E-state index contributed by atoms with van der Waals surface area (Å²) in [7, 11) is 0. The summed E-state index contributed by atoms with van der Waals surface area (Å²) in [6.07, 6.45) is 8.55. The van der Waals surface area contributed by atoms with E-state index in [1.165, 1.54) is 24.1 Å². The Labute approximate surface area is 175 Å². The summed E-state index contributed by atoms with van der Waals surface area (Å²) in [5.74, 6) is 0.146. The second kappa shape index (κ2) is 8.39. The number of rotatable bonds is 5. The molecule has 3 aromatic heterocycles. The van der Waals surface area contributed by atoms with Crippen molar-refractivity contribution in [3.05, 3.63) is 53.6 Å². The number of aromatic amines is 1. The topological polar surface area (TPSA) is 88.9 Å². The molecule has 0 unspecified atom stereocenters. The number of carbonyl (C=O) groups is 1. The molecule has 1 aliphatic heterocycles. The summed E-state index contributed by atoms with van der Waals surface area (Å²) >= 11 is 0. The quantitative estimate of drug-likeness (QED) is 0.703. The maximum absolute atomic E-state index is 12.9. The number of aromatic nitrogens is 5. The summed E-state index contributed by atoms with van der Waals surface area (Å²) in [5, 5.41) is 11.4. The van der Waals surface area contributed by atoms with Gasteiger partial charge in [-0.15, -0.1) is 0 Å². The van der Waals surface area contributed by atoms with Crippen LogP contribution >= 0.6 is 0 Å². The minimum Gasteiger partial charge on any atom is -0.368 e. The maximum atomic E-state index is 12.9. The van der Waals surface area contributed by atoms with E-state index in [9.17, 15) is 4.79 Å². The van der Waals surface area contributed by atoms with E-state index in [0.717, 1.165) is 29.9 Å². The average molecular weight is 406 g/mol. The Morgan fingerprint density at radius 3 is 3.07 bits per heavy atom. The summed E-state index contributed by atoms with van der Waals surface area (Å²) in [6.45, 7) is 2.30. The number of aryl methyl sites for hydroxylation is 2. The van der Waals surface area contributed by atoms with Gasteiger partial charge in [0.15, 0.2) is 0 Å². The minimum atomic E-state index is -0.219. The standard InChI is InChI=1S/C22H26N6O2/c29-22(9-11-28-20-7-2-1-4-16(20)14-24-28)27-12-13-30-21(15-27)19-6-3-5-17(25-19)18-8-10-23-26-18/h3,5-6,8,10,14,21H,1-2,4,7,9,11-13,15H2,(H,23,26)/t21-/m0/s1. The van der Waals surface area contributed by atoms with Gasteiger partial charge >= 0.3 is 0 Å². The Morgan fingerprint density at radius 1 is 1.23 bits per heavy atom. The molecule has 2 aliphatic rings. The van der Waals surface area contributed by atoms with Gasteiger partial charge in [0, 0.05) is 31.4 Å². The smallest absolute Gasteiger partial charge is 0.224 e. The van der Waals surface area contributed by atoms with Crippen LogP contribution in [0.3, 0.4) is 0 Å². The van der Waals surface area contributed by atoms with Crippen molar-refractivity contribution in [3.8, 4) is 11.4 Å². The molecule has 1 N–H and O–H groups in total. The highest BCUT2D eigenvalue weighted by Gasteiger charge is 2.27. The molecule has 4 heterocycles. The van der Waals surface area contributed by atoms with Crippen molar-refractivity contribution in [2.24, 2.45) is 0 Å². The monoisotopic (exact) mass is 406 g/mol. The van der Waals surface area contributed by atoms with E-state index in [1.807, 2.05) is 40.0 Å². The molecule has 0 spiro atoms. The highest BCUT2D eigenvalue weighted by Crippen LogP contribution is 2.24. The molecule has 5 rings (SSSR count). The van der Waals surface area contributed by atoms with Crippen molar-refractivity contribution >= 4 is 5.91 Å². The first-order chi connectivity index (χ1) is 14.8. The van der Waals surface area contributed by atoms with Gasteiger partial charge in [0.05, 0.1) is 36.4 Å². The zero-order chi connectivity index (χ0) is 20.3. The van der Waals surface area contributed by atoms with Crippen LogP contribution in [0.15, 0.2) is 36.7 Å².